The Morgan fingerprint density at radius 2 is 1.05 bits per heavy atom. The van der Waals surface area contributed by atoms with E-state index >= 15 is 0 Å². The first-order chi connectivity index (χ1) is 25.6. The van der Waals surface area contributed by atoms with E-state index in [0.717, 1.165) is 33.8 Å². The molecule has 1 heterocycles. The van der Waals surface area contributed by atoms with Crippen LogP contribution in [0.5, 0.6) is 23.0 Å². The Morgan fingerprint density at radius 1 is 0.655 bits per heavy atom. The lowest BCUT2D eigenvalue weighted by Crippen LogP contribution is -2.38. The van der Waals surface area contributed by atoms with Crippen LogP contribution in [0, 0.1) is 41.5 Å². The van der Waals surface area contributed by atoms with Gasteiger partial charge in [-0.3, -0.25) is 14.4 Å². The van der Waals surface area contributed by atoms with Gasteiger partial charge in [-0.1, -0.05) is 84.3 Å². The van der Waals surface area contributed by atoms with Crippen molar-refractivity contribution in [2.45, 2.75) is 87.7 Å². The summed E-state index contributed by atoms with van der Waals surface area (Å²) in [6.07, 6.45) is -1.48. The summed E-state index contributed by atoms with van der Waals surface area (Å²) >= 11 is 0. The van der Waals surface area contributed by atoms with E-state index in [2.05, 4.69) is 10.2 Å². The molecular weight excluding hydrogens is 702 g/mol. The predicted molar refractivity (Wildman–Crippen MR) is 212 cm³/mol. The van der Waals surface area contributed by atoms with Crippen molar-refractivity contribution in [3.8, 4) is 23.0 Å². The van der Waals surface area contributed by atoms with E-state index in [1.54, 1.807) is 36.4 Å². The Morgan fingerprint density at radius 3 is 1.47 bits per heavy atom. The summed E-state index contributed by atoms with van der Waals surface area (Å²) in [5.41, 5.74) is 12.2. The largest absolute Gasteiger partial charge is 0.539 e. The molecule has 296 valence electrons. The Hall–Kier alpha value is -5.88. The number of hydrogen-bond acceptors (Lipinski definition) is 10. The Kier molecular flexibility index (Phi) is 18.4. The molecule has 2 atom stereocenters. The number of nitrogens with zero attached hydrogens (tertiary/aromatic N) is 1. The second-order valence-corrected chi connectivity index (χ2v) is 13.1. The third-order valence-electron chi connectivity index (χ3n) is 7.78. The lowest BCUT2D eigenvalue weighted by molar-refractivity contribution is -0.174. The van der Waals surface area contributed by atoms with Crippen LogP contribution in [0.2, 0.25) is 0 Å². The van der Waals surface area contributed by atoms with Gasteiger partial charge in [0, 0.05) is 18.9 Å². The first-order valence-corrected chi connectivity index (χ1v) is 17.6. The van der Waals surface area contributed by atoms with Gasteiger partial charge < -0.3 is 30.0 Å². The molecule has 4 aromatic rings. The van der Waals surface area contributed by atoms with Crippen molar-refractivity contribution >= 4 is 24.1 Å². The first-order valence-electron chi connectivity index (χ1n) is 17.6. The number of nitrogens with one attached hydrogen (secondary N) is 1. The fraction of sp³-hybridized carbons (Fsp3) is 0.349. The number of para-hydroxylation sites is 2. The molecule has 5 rings (SSSR count). The van der Waals surface area contributed by atoms with E-state index in [1.165, 1.54) is 11.1 Å². The number of benzene rings is 4. The highest BCUT2D eigenvalue weighted by molar-refractivity contribution is 6.01. The highest BCUT2D eigenvalue weighted by atomic mass is 16.8. The van der Waals surface area contributed by atoms with Crippen LogP contribution in [0.1, 0.15) is 67.5 Å². The zero-order chi connectivity index (χ0) is 39.8. The molecule has 1 saturated heterocycles. The zero-order valence-electron chi connectivity index (χ0n) is 32.3. The molecule has 0 aliphatic carbocycles. The maximum absolute atomic E-state index is 11.9. The normalized spacial score (nSPS) is 12.7. The van der Waals surface area contributed by atoms with Crippen molar-refractivity contribution < 1.29 is 43.0 Å². The standard InChI is InChI=1S/C19H23NO3.C12H11NO5.C11H17NO.CH4/c1-13-8-10-17(11-9-13)23-19(21)20-16(4)12-22-18-14(2)6-5-7-15(18)3;1-8-2-4-9(5-3-8)17-12(16)18-13-10(14)6-7-11(13)15;1-8-5-4-6-9(2)11(8)13-7-10(3)12;/h5-11,16H,12H2,1-4H3,(H,20,21);2-5H,6-7H2,1H3;4-6,10H,7,12H2,1-3H3;1H4. The van der Waals surface area contributed by atoms with Gasteiger partial charge in [-0.25, -0.2) is 9.59 Å². The van der Waals surface area contributed by atoms with E-state index in [4.69, 9.17) is 24.7 Å². The second-order valence-electron chi connectivity index (χ2n) is 13.1. The van der Waals surface area contributed by atoms with E-state index in [9.17, 15) is 19.2 Å². The highest BCUT2D eigenvalue weighted by Gasteiger charge is 2.33. The number of hydroxylamine groups is 2. The van der Waals surface area contributed by atoms with Crippen molar-refractivity contribution in [2.75, 3.05) is 13.2 Å². The number of imide groups is 1. The molecule has 0 radical (unpaired) electrons. The number of hydrogen-bond donors (Lipinski definition) is 2. The van der Waals surface area contributed by atoms with Gasteiger partial charge in [-0.15, -0.1) is 0 Å². The van der Waals surface area contributed by atoms with E-state index in [-0.39, 0.29) is 38.1 Å². The molecular formula is C43H55N3O9. The van der Waals surface area contributed by atoms with E-state index in [1.807, 2.05) is 104 Å². The van der Waals surface area contributed by atoms with Gasteiger partial charge >= 0.3 is 12.2 Å². The van der Waals surface area contributed by atoms with Gasteiger partial charge in [-0.05, 0) is 102 Å². The van der Waals surface area contributed by atoms with Crippen LogP contribution in [0.3, 0.4) is 0 Å². The van der Waals surface area contributed by atoms with Gasteiger partial charge in [-0.2, -0.15) is 0 Å². The fourth-order valence-electron chi connectivity index (χ4n) is 4.92. The Bertz CT molecular complexity index is 1800. The number of ether oxygens (including phenoxy) is 4. The predicted octanol–water partition coefficient (Wildman–Crippen LogP) is 8.41. The summed E-state index contributed by atoms with van der Waals surface area (Å²) < 4.78 is 21.5. The quantitative estimate of drug-likeness (QED) is 0.0915. The van der Waals surface area contributed by atoms with Crippen LogP contribution in [0.15, 0.2) is 84.9 Å². The van der Waals surface area contributed by atoms with Crippen LogP contribution in [-0.4, -0.2) is 54.4 Å². The first kappa shape index (κ1) is 45.3. The highest BCUT2D eigenvalue weighted by Crippen LogP contribution is 2.23. The number of aryl methyl sites for hydroxylation is 6. The molecule has 4 aromatic carbocycles. The van der Waals surface area contributed by atoms with Crippen LogP contribution in [0.4, 0.5) is 9.59 Å². The minimum Gasteiger partial charge on any atom is -0.491 e. The van der Waals surface area contributed by atoms with Crippen LogP contribution >= 0.6 is 0 Å². The number of carbonyl (C=O) groups excluding carboxylic acids is 4. The Labute approximate surface area is 324 Å². The zero-order valence-corrected chi connectivity index (χ0v) is 32.3. The van der Waals surface area contributed by atoms with Gasteiger partial charge in [0.1, 0.15) is 36.2 Å². The molecule has 2 unspecified atom stereocenters. The lowest BCUT2D eigenvalue weighted by atomic mass is 10.1. The molecule has 55 heavy (non-hydrogen) atoms. The Balaban J connectivity index is 0.000000294. The van der Waals surface area contributed by atoms with Gasteiger partial charge in [0.2, 0.25) is 0 Å². The smallest absolute Gasteiger partial charge is 0.491 e. The molecule has 0 aromatic heterocycles. The van der Waals surface area contributed by atoms with Crippen molar-refractivity contribution in [2.24, 2.45) is 5.73 Å². The van der Waals surface area contributed by atoms with E-state index in [0.29, 0.717) is 24.0 Å². The fourth-order valence-corrected chi connectivity index (χ4v) is 4.92. The van der Waals surface area contributed by atoms with Crippen molar-refractivity contribution in [1.82, 2.24) is 10.4 Å². The summed E-state index contributed by atoms with van der Waals surface area (Å²) in [6, 6.07) is 26.1. The van der Waals surface area contributed by atoms with Crippen LogP contribution in [-0.2, 0) is 14.4 Å². The van der Waals surface area contributed by atoms with Crippen molar-refractivity contribution in [3.63, 3.8) is 0 Å². The van der Waals surface area contributed by atoms with E-state index < -0.39 is 24.1 Å². The van der Waals surface area contributed by atoms with Crippen LogP contribution in [0.25, 0.3) is 0 Å². The number of carbonyl (C=O) groups is 4. The summed E-state index contributed by atoms with van der Waals surface area (Å²) in [4.78, 5) is 50.1. The summed E-state index contributed by atoms with van der Waals surface area (Å²) in [6.45, 7) is 16.8. The van der Waals surface area contributed by atoms with Crippen molar-refractivity contribution in [1.29, 1.82) is 0 Å². The number of amides is 3. The summed E-state index contributed by atoms with van der Waals surface area (Å²) in [5, 5.41) is 3.21. The van der Waals surface area contributed by atoms with Gasteiger partial charge in [0.15, 0.2) is 0 Å². The summed E-state index contributed by atoms with van der Waals surface area (Å²) in [7, 11) is 0. The molecule has 1 fully saturated rings. The lowest BCUT2D eigenvalue weighted by Gasteiger charge is -2.17. The molecule has 0 saturated carbocycles. The molecule has 1 aliphatic rings. The molecule has 3 N–H and O–H groups in total. The topological polar surface area (TPSA) is 156 Å². The minimum atomic E-state index is -1.11. The van der Waals surface area contributed by atoms with Crippen LogP contribution < -0.4 is 30.0 Å². The van der Waals surface area contributed by atoms with Crippen molar-refractivity contribution in [3.05, 3.63) is 118 Å². The maximum Gasteiger partial charge on any atom is 0.539 e. The van der Waals surface area contributed by atoms with Gasteiger partial charge in [0.25, 0.3) is 11.8 Å². The number of rotatable bonds is 10. The maximum atomic E-state index is 11.9. The minimum absolute atomic E-state index is 0. The molecule has 12 heteroatoms. The average Bonchev–Trinajstić information content (AvgIpc) is 3.42. The molecule has 1 aliphatic heterocycles. The third kappa shape index (κ3) is 15.6. The summed E-state index contributed by atoms with van der Waals surface area (Å²) in [5.74, 6) is 1.57. The van der Waals surface area contributed by atoms with Gasteiger partial charge in [0.05, 0.1) is 6.04 Å². The third-order valence-corrected chi connectivity index (χ3v) is 7.78. The average molecular weight is 758 g/mol. The molecule has 12 nitrogen and oxygen atoms in total. The molecule has 0 spiro atoms. The number of nitrogens with two attached hydrogens (primary N) is 1. The molecule has 3 amide bonds. The molecule has 0 bridgehead atoms. The second kappa shape index (κ2) is 22.4. The monoisotopic (exact) mass is 757 g/mol. The SMILES string of the molecule is C.Cc1ccc(OC(=O)NC(C)COc2c(C)cccc2C)cc1.Cc1ccc(OC(=O)ON2C(=O)CCC2=O)cc1.Cc1cccc(C)c1OCC(C)N.